The van der Waals surface area contributed by atoms with Crippen LogP contribution in [0.4, 0.5) is 9.59 Å². The summed E-state index contributed by atoms with van der Waals surface area (Å²) in [6, 6.07) is 29.0. The van der Waals surface area contributed by atoms with Gasteiger partial charge >= 0.3 is 170 Å². The van der Waals surface area contributed by atoms with Crippen LogP contribution in [0.25, 0.3) is 0 Å². The van der Waals surface area contributed by atoms with Gasteiger partial charge in [0.05, 0.1) is 0 Å². The Labute approximate surface area is 170 Å². The molecule has 150 valence electrons. The minimum absolute atomic E-state index is 0.682. The van der Waals surface area contributed by atoms with Crippen molar-refractivity contribution in [2.45, 2.75) is 0 Å². The fourth-order valence-corrected chi connectivity index (χ4v) is 7.84. The van der Waals surface area contributed by atoms with Gasteiger partial charge in [-0.3, -0.25) is 0 Å². The molecule has 3 rings (SSSR count). The summed E-state index contributed by atoms with van der Waals surface area (Å²) in [5.74, 6) is 0. The summed E-state index contributed by atoms with van der Waals surface area (Å²) in [7, 11) is -0.732. The van der Waals surface area contributed by atoms with E-state index >= 15 is 0 Å². The van der Waals surface area contributed by atoms with Gasteiger partial charge in [-0.2, -0.15) is 0 Å². The second-order valence-corrected chi connectivity index (χ2v) is 9.82. The predicted octanol–water partition coefficient (Wildman–Crippen LogP) is 2.97. The van der Waals surface area contributed by atoms with Crippen molar-refractivity contribution < 1.29 is 19.1 Å². The fourth-order valence-electron chi connectivity index (χ4n) is 3.42. The number of methoxy groups -OCH3 is 2. The van der Waals surface area contributed by atoms with Crippen molar-refractivity contribution in [1.82, 2.24) is 10.2 Å². The molecule has 0 atom stereocenters. The monoisotopic (exact) mass is 410 g/mol. The van der Waals surface area contributed by atoms with Crippen LogP contribution in [0.5, 0.6) is 0 Å². The van der Waals surface area contributed by atoms with Crippen molar-refractivity contribution in [3.63, 3.8) is 0 Å². The van der Waals surface area contributed by atoms with Crippen molar-refractivity contribution in [2.24, 2.45) is 0 Å². The van der Waals surface area contributed by atoms with E-state index in [0.717, 1.165) is 15.9 Å². The van der Waals surface area contributed by atoms with Crippen LogP contribution < -0.4 is 21.3 Å². The van der Waals surface area contributed by atoms with Gasteiger partial charge in [0.25, 0.3) is 0 Å². The third-order valence-corrected chi connectivity index (χ3v) is 9.13. The summed E-state index contributed by atoms with van der Waals surface area (Å²) >= 11 is 0. The number of hydrogen-bond donors (Lipinski definition) is 1. The predicted molar refractivity (Wildman–Crippen MR) is 116 cm³/mol. The summed E-state index contributed by atoms with van der Waals surface area (Å²) in [6.07, 6.45) is -1.44. The van der Waals surface area contributed by atoms with Crippen LogP contribution in [-0.2, 0) is 9.47 Å². The molecule has 0 bridgehead atoms. The summed E-state index contributed by atoms with van der Waals surface area (Å²) < 4.78 is 11.2. The van der Waals surface area contributed by atoms with E-state index in [9.17, 15) is 9.59 Å². The first-order valence-corrected chi connectivity index (χ1v) is 11.0. The van der Waals surface area contributed by atoms with Gasteiger partial charge in [-0.15, -0.1) is 0 Å². The van der Waals surface area contributed by atoms with Crippen molar-refractivity contribution in [1.29, 1.82) is 0 Å². The molecule has 0 radical (unpaired) electrons. The van der Waals surface area contributed by atoms with Crippen molar-refractivity contribution in [3.05, 3.63) is 91.0 Å². The van der Waals surface area contributed by atoms with Crippen LogP contribution >= 0.6 is 7.41 Å². The van der Waals surface area contributed by atoms with E-state index < -0.39 is 19.6 Å². The minimum atomic E-state index is -3.27. The van der Waals surface area contributed by atoms with Crippen LogP contribution in [0, 0.1) is 0 Å². The Morgan fingerprint density at radius 3 is 1.38 bits per heavy atom. The third-order valence-electron chi connectivity index (χ3n) is 4.66. The Kier molecular flexibility index (Phi) is 6.47. The third kappa shape index (κ3) is 3.93. The summed E-state index contributed by atoms with van der Waals surface area (Å²) in [4.78, 5) is 25.2. The van der Waals surface area contributed by atoms with Crippen molar-refractivity contribution in [3.8, 4) is 0 Å². The summed E-state index contributed by atoms with van der Waals surface area (Å²) in [5.41, 5.74) is 2.61. The summed E-state index contributed by atoms with van der Waals surface area (Å²) in [5, 5.41) is 2.71. The molecular formula is C22H23N2O4P. The number of hydrazine groups is 1. The topological polar surface area (TPSA) is 67.9 Å². The molecule has 29 heavy (non-hydrogen) atoms. The van der Waals surface area contributed by atoms with Gasteiger partial charge in [0, 0.05) is 0 Å². The zero-order valence-electron chi connectivity index (χ0n) is 16.2. The molecule has 3 aromatic carbocycles. The zero-order chi connectivity index (χ0) is 20.7. The quantitative estimate of drug-likeness (QED) is 0.531. The number of amides is 2. The van der Waals surface area contributed by atoms with Gasteiger partial charge in [0.15, 0.2) is 0 Å². The van der Waals surface area contributed by atoms with E-state index in [4.69, 9.17) is 9.47 Å². The molecule has 0 fully saturated rings. The van der Waals surface area contributed by atoms with Crippen molar-refractivity contribution in [2.75, 3.05) is 14.2 Å². The molecule has 0 aliphatic carbocycles. The molecule has 0 spiro atoms. The van der Waals surface area contributed by atoms with Crippen LogP contribution in [0.2, 0.25) is 0 Å². The van der Waals surface area contributed by atoms with Gasteiger partial charge in [-0.25, -0.2) is 0 Å². The normalized spacial score (nSPS) is 11.2. The van der Waals surface area contributed by atoms with Crippen LogP contribution in [0.15, 0.2) is 91.0 Å². The van der Waals surface area contributed by atoms with E-state index in [2.05, 4.69) is 5.43 Å². The molecule has 0 heterocycles. The number of benzene rings is 3. The average Bonchev–Trinajstić information content (AvgIpc) is 2.80. The number of nitrogens with one attached hydrogen (secondary N) is 1. The number of hydrogen-bond acceptors (Lipinski definition) is 4. The molecule has 7 heteroatoms. The number of carbonyl (C=O) groups is 2. The van der Waals surface area contributed by atoms with E-state index in [0.29, 0.717) is 0 Å². The number of rotatable bonds is 4. The Morgan fingerprint density at radius 1 is 0.690 bits per heavy atom. The Hall–Kier alpha value is -3.37. The van der Waals surface area contributed by atoms with E-state index in [-0.39, 0.29) is 0 Å². The van der Waals surface area contributed by atoms with Crippen molar-refractivity contribution >= 4 is 35.5 Å². The van der Waals surface area contributed by atoms with E-state index in [1.54, 1.807) is 0 Å². The second kappa shape index (κ2) is 9.22. The SMILES string of the molecule is COC(=O)NN(C(=O)OC)[PH](c1ccccc1)(c1ccccc1)c1ccccc1. The fraction of sp³-hybridized carbons (Fsp3) is 0.0909. The second-order valence-electron chi connectivity index (χ2n) is 6.22. The Balaban J connectivity index is 2.40. The molecule has 0 saturated carbocycles. The maximum atomic E-state index is 13.0. The van der Waals surface area contributed by atoms with E-state index in [1.807, 2.05) is 91.0 Å². The Bertz CT molecular complexity index is 856. The zero-order valence-corrected chi connectivity index (χ0v) is 17.2. The first-order chi connectivity index (χ1) is 14.1. The Morgan fingerprint density at radius 2 is 1.07 bits per heavy atom. The number of ether oxygens (including phenoxy) is 2. The standard InChI is InChI=1S/C22H23N2O4P/c1-27-21(25)23-24(22(26)28-2)29(18-12-6-3-7-13-18,19-14-8-4-9-15-19)20-16-10-5-11-17-20/h3-17,29H,1-2H3,(H,23,25). The molecular weight excluding hydrogens is 387 g/mol. The molecule has 0 aliphatic heterocycles. The molecule has 1 N–H and O–H groups in total. The van der Waals surface area contributed by atoms with Crippen LogP contribution in [0.3, 0.4) is 0 Å². The molecule has 0 saturated heterocycles. The van der Waals surface area contributed by atoms with Gasteiger partial charge in [0.1, 0.15) is 0 Å². The molecule has 2 amide bonds. The molecule has 0 aromatic heterocycles. The van der Waals surface area contributed by atoms with Crippen LogP contribution in [-0.4, -0.2) is 31.2 Å². The van der Waals surface area contributed by atoms with E-state index in [1.165, 1.54) is 19.0 Å². The molecule has 0 aliphatic rings. The molecule has 0 unspecified atom stereocenters. The first-order valence-electron chi connectivity index (χ1n) is 9.04. The number of nitrogens with zero attached hydrogens (tertiary/aromatic N) is 1. The van der Waals surface area contributed by atoms with Gasteiger partial charge in [-0.1, -0.05) is 0 Å². The summed E-state index contributed by atoms with van der Waals surface area (Å²) in [6.45, 7) is 0. The number of carbonyl (C=O) groups excluding carboxylic acids is 2. The molecule has 6 nitrogen and oxygen atoms in total. The van der Waals surface area contributed by atoms with Gasteiger partial charge in [0.2, 0.25) is 0 Å². The van der Waals surface area contributed by atoms with Gasteiger partial charge in [-0.05, 0) is 0 Å². The molecule has 3 aromatic rings. The average molecular weight is 410 g/mol. The van der Waals surface area contributed by atoms with Gasteiger partial charge < -0.3 is 0 Å². The van der Waals surface area contributed by atoms with Crippen LogP contribution in [0.1, 0.15) is 0 Å². The maximum absolute atomic E-state index is 13.0. The first kappa shape index (κ1) is 20.4.